The topological polar surface area (TPSA) is 64.6 Å². The van der Waals surface area contributed by atoms with E-state index < -0.39 is 17.6 Å². The van der Waals surface area contributed by atoms with Crippen molar-refractivity contribution in [2.75, 3.05) is 6.61 Å². The largest absolute Gasteiger partial charge is 0.471 e. The highest BCUT2D eigenvalue weighted by Gasteiger charge is 2.12. The molecule has 0 aliphatic rings. The van der Waals surface area contributed by atoms with Crippen LogP contribution in [-0.4, -0.2) is 24.2 Å². The van der Waals surface area contributed by atoms with Crippen LogP contribution in [0.4, 0.5) is 4.79 Å². The van der Waals surface area contributed by atoms with E-state index in [4.69, 9.17) is 21.1 Å². The van der Waals surface area contributed by atoms with Crippen LogP contribution in [0.25, 0.3) is 0 Å². The first-order chi connectivity index (χ1) is 9.06. The van der Waals surface area contributed by atoms with Crippen molar-refractivity contribution < 1.29 is 19.1 Å². The number of nitrogens with one attached hydrogen (secondary N) is 1. The van der Waals surface area contributed by atoms with Crippen LogP contribution < -0.4 is 10.1 Å². The third-order valence-electron chi connectivity index (χ3n) is 2.28. The van der Waals surface area contributed by atoms with E-state index in [1.807, 2.05) is 6.92 Å². The van der Waals surface area contributed by atoms with E-state index in [0.717, 1.165) is 0 Å². The lowest BCUT2D eigenvalue weighted by molar-refractivity contribution is 0.108. The van der Waals surface area contributed by atoms with Crippen molar-refractivity contribution >= 4 is 22.9 Å². The molecule has 1 N–H and O–H groups in total. The summed E-state index contributed by atoms with van der Waals surface area (Å²) in [6.45, 7) is 3.89. The Hall–Kier alpha value is -1.75. The second kappa shape index (κ2) is 7.63. The minimum absolute atomic E-state index is 0.300. The van der Waals surface area contributed by atoms with E-state index in [2.05, 4.69) is 5.32 Å². The number of amides is 1. The highest BCUT2D eigenvalue weighted by molar-refractivity contribution is 6.67. The van der Waals surface area contributed by atoms with Crippen LogP contribution in [0, 0.1) is 0 Å². The van der Waals surface area contributed by atoms with Gasteiger partial charge in [0.1, 0.15) is 5.75 Å². The zero-order chi connectivity index (χ0) is 14.3. The van der Waals surface area contributed by atoms with Gasteiger partial charge in [0.25, 0.3) is 5.24 Å². The predicted molar refractivity (Wildman–Crippen MR) is 71.5 cm³/mol. The molecular formula is C13H16ClNO4. The zero-order valence-electron chi connectivity index (χ0n) is 10.8. The molecule has 0 spiro atoms. The van der Waals surface area contributed by atoms with Crippen molar-refractivity contribution in [1.29, 1.82) is 0 Å². The Morgan fingerprint density at radius 1 is 1.26 bits per heavy atom. The predicted octanol–water partition coefficient (Wildman–Crippen LogP) is 2.93. The lowest BCUT2D eigenvalue weighted by Crippen LogP contribution is -2.38. The van der Waals surface area contributed by atoms with Gasteiger partial charge in [0.2, 0.25) is 0 Å². The maximum Gasteiger partial charge on any atom is 0.409 e. The van der Waals surface area contributed by atoms with Crippen LogP contribution >= 0.6 is 11.6 Å². The molecular weight excluding hydrogens is 270 g/mol. The minimum Gasteiger partial charge on any atom is -0.471 e. The fraction of sp³-hybridized carbons (Fsp3) is 0.385. The summed E-state index contributed by atoms with van der Waals surface area (Å²) in [6.07, 6.45) is -0.437. The van der Waals surface area contributed by atoms with Crippen molar-refractivity contribution in [3.8, 4) is 5.75 Å². The quantitative estimate of drug-likeness (QED) is 0.645. The molecule has 1 rings (SSSR count). The maximum absolute atomic E-state index is 11.3. The molecule has 0 aromatic heterocycles. The number of hydrogen-bond acceptors (Lipinski definition) is 4. The standard InChI is InChI=1S/C13H16ClNO4/c1-3-11(15-13(17)18-4-2)19-10-7-5-9(6-8-10)12(14)16/h5-8,11H,3-4H2,1-2H3,(H,15,17). The van der Waals surface area contributed by atoms with E-state index in [1.54, 1.807) is 31.2 Å². The third-order valence-corrected chi connectivity index (χ3v) is 2.50. The van der Waals surface area contributed by atoms with E-state index in [0.29, 0.717) is 24.3 Å². The summed E-state index contributed by atoms with van der Waals surface area (Å²) in [4.78, 5) is 22.2. The van der Waals surface area contributed by atoms with Crippen LogP contribution in [0.3, 0.4) is 0 Å². The molecule has 1 amide bonds. The van der Waals surface area contributed by atoms with Gasteiger partial charge in [-0.05, 0) is 42.8 Å². The highest BCUT2D eigenvalue weighted by atomic mass is 35.5. The van der Waals surface area contributed by atoms with Crippen LogP contribution in [0.2, 0.25) is 0 Å². The van der Waals surface area contributed by atoms with Gasteiger partial charge in [0, 0.05) is 12.0 Å². The molecule has 0 aliphatic heterocycles. The second-order valence-corrected chi connectivity index (χ2v) is 4.02. The molecule has 1 atom stereocenters. The zero-order valence-corrected chi connectivity index (χ0v) is 11.6. The Balaban J connectivity index is 2.60. The van der Waals surface area contributed by atoms with Crippen molar-refractivity contribution in [2.24, 2.45) is 0 Å². The monoisotopic (exact) mass is 285 g/mol. The van der Waals surface area contributed by atoms with Crippen molar-refractivity contribution in [2.45, 2.75) is 26.5 Å². The van der Waals surface area contributed by atoms with Gasteiger partial charge in [-0.3, -0.25) is 10.1 Å². The molecule has 1 aromatic carbocycles. The molecule has 104 valence electrons. The summed E-state index contributed by atoms with van der Waals surface area (Å²) >= 11 is 5.34. The number of halogens is 1. The molecule has 1 aromatic rings. The lowest BCUT2D eigenvalue weighted by atomic mass is 10.2. The third kappa shape index (κ3) is 5.18. The molecule has 5 nitrogen and oxygen atoms in total. The average Bonchev–Trinajstić information content (AvgIpc) is 2.38. The first-order valence-electron chi connectivity index (χ1n) is 5.96. The molecule has 0 fully saturated rings. The van der Waals surface area contributed by atoms with Crippen molar-refractivity contribution in [1.82, 2.24) is 5.32 Å². The summed E-state index contributed by atoms with van der Waals surface area (Å²) in [5, 5.41) is 2.05. The number of hydrogen-bond donors (Lipinski definition) is 1. The molecule has 6 heteroatoms. The van der Waals surface area contributed by atoms with Crippen LogP contribution in [0.1, 0.15) is 30.6 Å². The van der Waals surface area contributed by atoms with Gasteiger partial charge in [-0.25, -0.2) is 4.79 Å². The summed E-state index contributed by atoms with van der Waals surface area (Å²) in [5.74, 6) is 0.533. The van der Waals surface area contributed by atoms with Crippen LogP contribution in [0.15, 0.2) is 24.3 Å². The average molecular weight is 286 g/mol. The SMILES string of the molecule is CCOC(=O)NC(CC)Oc1ccc(C(=O)Cl)cc1. The first kappa shape index (κ1) is 15.3. The summed E-state index contributed by atoms with van der Waals surface area (Å²) in [5.41, 5.74) is 0.389. The van der Waals surface area contributed by atoms with E-state index in [-0.39, 0.29) is 0 Å². The van der Waals surface area contributed by atoms with E-state index >= 15 is 0 Å². The lowest BCUT2D eigenvalue weighted by Gasteiger charge is -2.18. The molecule has 19 heavy (non-hydrogen) atoms. The smallest absolute Gasteiger partial charge is 0.409 e. The Morgan fingerprint density at radius 2 is 1.89 bits per heavy atom. The van der Waals surface area contributed by atoms with Gasteiger partial charge in [-0.2, -0.15) is 0 Å². The van der Waals surface area contributed by atoms with E-state index in [1.165, 1.54) is 0 Å². The van der Waals surface area contributed by atoms with Crippen LogP contribution in [-0.2, 0) is 4.74 Å². The normalized spacial score (nSPS) is 11.5. The molecule has 0 saturated heterocycles. The molecule has 0 heterocycles. The minimum atomic E-state index is -0.526. The van der Waals surface area contributed by atoms with Crippen molar-refractivity contribution in [3.63, 3.8) is 0 Å². The Kier molecular flexibility index (Phi) is 6.15. The number of carbonyl (C=O) groups excluding carboxylic acids is 2. The fourth-order valence-electron chi connectivity index (χ4n) is 1.35. The highest BCUT2D eigenvalue weighted by Crippen LogP contribution is 2.15. The molecule has 0 saturated carbocycles. The van der Waals surface area contributed by atoms with Gasteiger partial charge in [0.05, 0.1) is 6.61 Å². The second-order valence-electron chi connectivity index (χ2n) is 3.68. The van der Waals surface area contributed by atoms with Gasteiger partial charge in [-0.1, -0.05) is 6.92 Å². The van der Waals surface area contributed by atoms with Gasteiger partial charge >= 0.3 is 6.09 Å². The van der Waals surface area contributed by atoms with Gasteiger partial charge < -0.3 is 9.47 Å². The Morgan fingerprint density at radius 3 is 2.37 bits per heavy atom. The van der Waals surface area contributed by atoms with Gasteiger partial charge in [-0.15, -0.1) is 0 Å². The summed E-state index contributed by atoms with van der Waals surface area (Å²) < 4.78 is 10.3. The maximum atomic E-state index is 11.3. The number of alkyl carbamates (subject to hydrolysis) is 1. The Labute approximate surface area is 116 Å². The fourth-order valence-corrected chi connectivity index (χ4v) is 1.47. The van der Waals surface area contributed by atoms with Crippen LogP contribution in [0.5, 0.6) is 5.75 Å². The molecule has 0 bridgehead atoms. The number of carbonyl (C=O) groups is 2. The summed E-state index contributed by atoms with van der Waals surface area (Å²) in [6, 6.07) is 6.35. The summed E-state index contributed by atoms with van der Waals surface area (Å²) in [7, 11) is 0. The van der Waals surface area contributed by atoms with Gasteiger partial charge in [0.15, 0.2) is 6.23 Å². The molecule has 1 unspecified atom stereocenters. The molecule has 0 aliphatic carbocycles. The number of ether oxygens (including phenoxy) is 2. The first-order valence-corrected chi connectivity index (χ1v) is 6.34. The number of rotatable bonds is 6. The van der Waals surface area contributed by atoms with E-state index in [9.17, 15) is 9.59 Å². The Bertz CT molecular complexity index is 433. The van der Waals surface area contributed by atoms with Crippen molar-refractivity contribution in [3.05, 3.63) is 29.8 Å². The molecule has 0 radical (unpaired) electrons. The number of benzene rings is 1.